The minimum Gasteiger partial charge on any atom is -0.497 e. The number of anilines is 1. The van der Waals surface area contributed by atoms with Crippen molar-refractivity contribution in [3.05, 3.63) is 24.3 Å². The third-order valence-corrected chi connectivity index (χ3v) is 4.39. The third-order valence-electron chi connectivity index (χ3n) is 4.14. The van der Waals surface area contributed by atoms with E-state index in [0.29, 0.717) is 5.11 Å². The maximum Gasteiger partial charge on any atom is 0.170 e. The van der Waals surface area contributed by atoms with Crippen LogP contribution >= 0.6 is 12.2 Å². The molecule has 1 aliphatic heterocycles. The number of methoxy groups -OCH3 is 1. The molecule has 0 saturated carbocycles. The highest BCUT2D eigenvalue weighted by atomic mass is 32.1. The van der Waals surface area contributed by atoms with Crippen LogP contribution in [0.25, 0.3) is 0 Å². The van der Waals surface area contributed by atoms with Gasteiger partial charge in [0.05, 0.1) is 7.11 Å². The average molecular weight is 321 g/mol. The predicted octanol–water partition coefficient (Wildman–Crippen LogP) is 3.10. The molecule has 22 heavy (non-hydrogen) atoms. The topological polar surface area (TPSA) is 36.5 Å². The van der Waals surface area contributed by atoms with E-state index < -0.39 is 0 Å². The van der Waals surface area contributed by atoms with Gasteiger partial charge < -0.3 is 20.3 Å². The van der Waals surface area contributed by atoms with Crippen molar-refractivity contribution in [1.29, 1.82) is 0 Å². The Bertz CT molecular complexity index is 473. The van der Waals surface area contributed by atoms with Crippen LogP contribution in [0.2, 0.25) is 0 Å². The van der Waals surface area contributed by atoms with E-state index in [1.54, 1.807) is 7.11 Å². The molecule has 0 atom stereocenters. The van der Waals surface area contributed by atoms with Crippen molar-refractivity contribution in [3.63, 3.8) is 0 Å². The average Bonchev–Trinajstić information content (AvgIpc) is 2.53. The van der Waals surface area contributed by atoms with Crippen molar-refractivity contribution in [2.45, 2.75) is 26.2 Å². The lowest BCUT2D eigenvalue weighted by molar-refractivity contribution is 0.191. The summed E-state index contributed by atoms with van der Waals surface area (Å²) in [6, 6.07) is 7.77. The van der Waals surface area contributed by atoms with E-state index in [2.05, 4.69) is 22.5 Å². The van der Waals surface area contributed by atoms with E-state index >= 15 is 0 Å². The Morgan fingerprint density at radius 2 is 2.14 bits per heavy atom. The lowest BCUT2D eigenvalue weighted by atomic mass is 9.99. The molecule has 0 unspecified atom stereocenters. The number of nitrogens with one attached hydrogen (secondary N) is 2. The fourth-order valence-electron chi connectivity index (χ4n) is 2.67. The number of hydrogen-bond acceptors (Lipinski definition) is 3. The summed E-state index contributed by atoms with van der Waals surface area (Å²) in [5, 5.41) is 7.12. The monoisotopic (exact) mass is 321 g/mol. The highest BCUT2D eigenvalue weighted by molar-refractivity contribution is 7.80. The summed E-state index contributed by atoms with van der Waals surface area (Å²) in [6.07, 6.45) is 3.79. The van der Waals surface area contributed by atoms with Gasteiger partial charge >= 0.3 is 0 Å². The van der Waals surface area contributed by atoms with Gasteiger partial charge in [0, 0.05) is 18.3 Å². The molecule has 4 nitrogen and oxygen atoms in total. The molecule has 0 spiro atoms. The molecular weight excluding hydrogens is 294 g/mol. The normalized spacial score (nSPS) is 16.3. The lowest BCUT2D eigenvalue weighted by Gasteiger charge is -2.30. The molecule has 122 valence electrons. The highest BCUT2D eigenvalue weighted by Crippen LogP contribution is 2.17. The number of nitrogens with zero attached hydrogens (tertiary/aromatic N) is 1. The van der Waals surface area contributed by atoms with Crippen molar-refractivity contribution in [1.82, 2.24) is 10.2 Å². The molecule has 1 fully saturated rings. The van der Waals surface area contributed by atoms with Crippen molar-refractivity contribution in [2.24, 2.45) is 5.92 Å². The SMILES string of the molecule is COc1cccc(NC(=S)NCCCN2CCC(C)CC2)c1. The van der Waals surface area contributed by atoms with Gasteiger partial charge in [0.15, 0.2) is 5.11 Å². The van der Waals surface area contributed by atoms with Gasteiger partial charge in [0.2, 0.25) is 0 Å². The van der Waals surface area contributed by atoms with Gasteiger partial charge in [-0.3, -0.25) is 0 Å². The first-order valence-electron chi connectivity index (χ1n) is 8.08. The van der Waals surface area contributed by atoms with Crippen LogP contribution in [0.3, 0.4) is 0 Å². The molecular formula is C17H27N3OS. The Kier molecular flexibility index (Phi) is 6.93. The number of ether oxygens (including phenoxy) is 1. The summed E-state index contributed by atoms with van der Waals surface area (Å²) in [5.41, 5.74) is 0.946. The first kappa shape index (κ1) is 17.0. The molecule has 1 aromatic rings. The van der Waals surface area contributed by atoms with Crippen LogP contribution in [0.5, 0.6) is 5.75 Å². The second-order valence-corrected chi connectivity index (χ2v) is 6.40. The summed E-state index contributed by atoms with van der Waals surface area (Å²) in [4.78, 5) is 2.56. The molecule has 0 radical (unpaired) electrons. The number of benzene rings is 1. The van der Waals surface area contributed by atoms with E-state index in [4.69, 9.17) is 17.0 Å². The fraction of sp³-hybridized carbons (Fsp3) is 0.588. The first-order valence-corrected chi connectivity index (χ1v) is 8.49. The number of thiocarbonyl (C=S) groups is 1. The molecule has 1 aliphatic rings. The zero-order chi connectivity index (χ0) is 15.8. The summed E-state index contributed by atoms with van der Waals surface area (Å²) in [6.45, 7) is 6.90. The molecule has 5 heteroatoms. The molecule has 1 saturated heterocycles. The maximum absolute atomic E-state index is 5.32. The number of piperidine rings is 1. The van der Waals surface area contributed by atoms with Crippen molar-refractivity contribution in [2.75, 3.05) is 38.6 Å². The van der Waals surface area contributed by atoms with Crippen LogP contribution in [-0.4, -0.2) is 43.3 Å². The van der Waals surface area contributed by atoms with Crippen molar-refractivity contribution in [3.8, 4) is 5.75 Å². The zero-order valence-corrected chi connectivity index (χ0v) is 14.4. The van der Waals surface area contributed by atoms with Crippen LogP contribution in [0.15, 0.2) is 24.3 Å². The predicted molar refractivity (Wildman–Crippen MR) is 96.7 cm³/mol. The van der Waals surface area contributed by atoms with Gasteiger partial charge in [-0.15, -0.1) is 0 Å². The zero-order valence-electron chi connectivity index (χ0n) is 13.6. The van der Waals surface area contributed by atoms with E-state index in [-0.39, 0.29) is 0 Å². The van der Waals surface area contributed by atoms with Gasteiger partial charge in [0.1, 0.15) is 5.75 Å². The molecule has 0 amide bonds. The summed E-state index contributed by atoms with van der Waals surface area (Å²) in [7, 11) is 1.66. The van der Waals surface area contributed by atoms with E-state index in [9.17, 15) is 0 Å². The molecule has 0 aromatic heterocycles. The minimum atomic E-state index is 0.667. The van der Waals surface area contributed by atoms with Gasteiger partial charge in [-0.2, -0.15) is 0 Å². The second-order valence-electron chi connectivity index (χ2n) is 5.99. The highest BCUT2D eigenvalue weighted by Gasteiger charge is 2.14. The van der Waals surface area contributed by atoms with E-state index in [1.165, 1.54) is 25.9 Å². The number of hydrogen-bond donors (Lipinski definition) is 2. The summed E-state index contributed by atoms with van der Waals surface area (Å²) < 4.78 is 5.20. The van der Waals surface area contributed by atoms with Crippen LogP contribution in [0.1, 0.15) is 26.2 Å². The Balaban J connectivity index is 1.61. The summed E-state index contributed by atoms with van der Waals surface area (Å²) >= 11 is 5.32. The largest absolute Gasteiger partial charge is 0.497 e. The van der Waals surface area contributed by atoms with E-state index in [1.807, 2.05) is 24.3 Å². The van der Waals surface area contributed by atoms with Crippen molar-refractivity contribution < 1.29 is 4.74 Å². The quantitative estimate of drug-likeness (QED) is 0.622. The van der Waals surface area contributed by atoms with Crippen LogP contribution in [-0.2, 0) is 0 Å². The van der Waals surface area contributed by atoms with Gasteiger partial charge in [0.25, 0.3) is 0 Å². The molecule has 1 aromatic carbocycles. The third kappa shape index (κ3) is 5.81. The van der Waals surface area contributed by atoms with Gasteiger partial charge in [-0.25, -0.2) is 0 Å². The smallest absolute Gasteiger partial charge is 0.170 e. The minimum absolute atomic E-state index is 0.667. The number of likely N-dealkylation sites (tertiary alicyclic amines) is 1. The van der Waals surface area contributed by atoms with E-state index in [0.717, 1.165) is 36.9 Å². The van der Waals surface area contributed by atoms with Gasteiger partial charge in [-0.05, 0) is 69.2 Å². The number of rotatable bonds is 6. The maximum atomic E-state index is 5.32. The molecule has 0 aliphatic carbocycles. The van der Waals surface area contributed by atoms with Gasteiger partial charge in [-0.1, -0.05) is 13.0 Å². The molecule has 2 N–H and O–H groups in total. The molecule has 2 rings (SSSR count). The molecule has 1 heterocycles. The van der Waals surface area contributed by atoms with Crippen LogP contribution in [0, 0.1) is 5.92 Å². The standard InChI is InChI=1S/C17H27N3OS/c1-14-7-11-20(12-8-14)10-4-9-18-17(22)19-15-5-3-6-16(13-15)21-2/h3,5-6,13-14H,4,7-12H2,1-2H3,(H2,18,19,22). The second kappa shape index (κ2) is 8.96. The summed E-state index contributed by atoms with van der Waals surface area (Å²) in [5.74, 6) is 1.72. The molecule has 0 bridgehead atoms. The Labute approximate surface area is 139 Å². The Hall–Kier alpha value is -1.33. The fourth-order valence-corrected chi connectivity index (χ4v) is 2.89. The first-order chi connectivity index (χ1) is 10.7. The Morgan fingerprint density at radius 1 is 1.36 bits per heavy atom. The lowest BCUT2D eigenvalue weighted by Crippen LogP contribution is -2.36. The van der Waals surface area contributed by atoms with Crippen LogP contribution in [0.4, 0.5) is 5.69 Å². The Morgan fingerprint density at radius 3 is 2.86 bits per heavy atom. The van der Waals surface area contributed by atoms with Crippen molar-refractivity contribution >= 4 is 23.0 Å². The van der Waals surface area contributed by atoms with Crippen LogP contribution < -0.4 is 15.4 Å².